The lowest BCUT2D eigenvalue weighted by molar-refractivity contribution is -0.134. The summed E-state index contributed by atoms with van der Waals surface area (Å²) in [5, 5.41) is 15.6. The van der Waals surface area contributed by atoms with E-state index in [9.17, 15) is 18.4 Å². The standard InChI is InChI=1S/C21H24F2N2.C4H4O4/c1-24-10-12-25(13-11-24)21-9-8-18(15-2-4-16(22)5-3-15)19-7-6-17(23)14-20(19)21;5-3(6)1-2-4(7)8/h2-7,14,18,21H,8-13H2,1H3;1-2H,(H,5,6)(H,7,8)/b;2-1+. The second-order valence-electron chi connectivity index (χ2n) is 8.32. The summed E-state index contributed by atoms with van der Waals surface area (Å²) in [4.78, 5) is 23.9. The Morgan fingerprint density at radius 3 is 2.00 bits per heavy atom. The molecule has 8 heteroatoms. The summed E-state index contributed by atoms with van der Waals surface area (Å²) in [7, 11) is 2.15. The summed E-state index contributed by atoms with van der Waals surface area (Å²) >= 11 is 0. The number of likely N-dealkylation sites (N-methyl/N-ethyl adjacent to an activating group) is 1. The molecule has 33 heavy (non-hydrogen) atoms. The number of fused-ring (bicyclic) bond motifs is 1. The van der Waals surface area contributed by atoms with Crippen LogP contribution in [0.5, 0.6) is 0 Å². The first-order chi connectivity index (χ1) is 15.7. The number of carboxylic acid groups (broad SMARTS) is 2. The molecule has 2 unspecified atom stereocenters. The Balaban J connectivity index is 0.000000331. The maximum absolute atomic E-state index is 14.0. The number of benzene rings is 2. The smallest absolute Gasteiger partial charge is 0.328 e. The fourth-order valence-electron chi connectivity index (χ4n) is 4.48. The van der Waals surface area contributed by atoms with E-state index in [1.807, 2.05) is 18.2 Å². The molecule has 176 valence electrons. The first-order valence-electron chi connectivity index (χ1n) is 10.9. The second kappa shape index (κ2) is 11.2. The highest BCUT2D eigenvalue weighted by molar-refractivity contribution is 5.89. The average molecular weight is 459 g/mol. The Morgan fingerprint density at radius 1 is 0.848 bits per heavy atom. The number of hydrogen-bond donors (Lipinski definition) is 2. The van der Waals surface area contributed by atoms with Crippen molar-refractivity contribution in [2.24, 2.45) is 0 Å². The molecule has 1 heterocycles. The van der Waals surface area contributed by atoms with Crippen LogP contribution in [0.1, 0.15) is 41.5 Å². The minimum atomic E-state index is -1.26. The van der Waals surface area contributed by atoms with Gasteiger partial charge in [0, 0.05) is 50.3 Å². The number of piperazine rings is 1. The van der Waals surface area contributed by atoms with E-state index in [2.05, 4.69) is 16.8 Å². The number of hydrogen-bond acceptors (Lipinski definition) is 4. The molecule has 1 fully saturated rings. The van der Waals surface area contributed by atoms with E-state index < -0.39 is 11.9 Å². The van der Waals surface area contributed by atoms with Crippen molar-refractivity contribution in [2.75, 3.05) is 33.2 Å². The zero-order valence-corrected chi connectivity index (χ0v) is 18.5. The lowest BCUT2D eigenvalue weighted by Gasteiger charge is -2.42. The molecule has 2 aromatic rings. The number of halogens is 2. The van der Waals surface area contributed by atoms with E-state index in [4.69, 9.17) is 10.2 Å². The molecule has 0 spiro atoms. The molecule has 4 rings (SSSR count). The van der Waals surface area contributed by atoms with Gasteiger partial charge < -0.3 is 15.1 Å². The maximum atomic E-state index is 14.0. The van der Waals surface area contributed by atoms with Gasteiger partial charge in [-0.1, -0.05) is 18.2 Å². The SMILES string of the molecule is CN1CCN(C2CCC(c3ccc(F)cc3)c3ccc(F)cc32)CC1.O=C(O)/C=C/C(=O)O. The molecule has 1 aliphatic heterocycles. The molecule has 6 nitrogen and oxygen atoms in total. The van der Waals surface area contributed by atoms with Crippen LogP contribution in [0.3, 0.4) is 0 Å². The van der Waals surface area contributed by atoms with Crippen LogP contribution in [-0.4, -0.2) is 65.2 Å². The molecule has 1 aliphatic carbocycles. The van der Waals surface area contributed by atoms with Crippen LogP contribution in [0.15, 0.2) is 54.6 Å². The third-order valence-electron chi connectivity index (χ3n) is 6.13. The average Bonchev–Trinajstić information content (AvgIpc) is 2.79. The van der Waals surface area contributed by atoms with Crippen LogP contribution in [0.4, 0.5) is 8.78 Å². The molecule has 0 amide bonds. The molecule has 2 aromatic carbocycles. The third-order valence-corrected chi connectivity index (χ3v) is 6.13. The molecule has 0 aromatic heterocycles. The summed E-state index contributed by atoms with van der Waals surface area (Å²) in [6.07, 6.45) is 3.15. The summed E-state index contributed by atoms with van der Waals surface area (Å²) in [6.45, 7) is 4.17. The van der Waals surface area contributed by atoms with Gasteiger partial charge in [-0.3, -0.25) is 4.90 Å². The zero-order valence-electron chi connectivity index (χ0n) is 18.5. The third kappa shape index (κ3) is 6.69. The Hall–Kier alpha value is -3.10. The maximum Gasteiger partial charge on any atom is 0.328 e. The molecular formula is C25H28F2N2O4. The van der Waals surface area contributed by atoms with Crippen molar-refractivity contribution in [3.05, 3.63) is 82.9 Å². The first kappa shape index (κ1) is 24.5. The highest BCUT2D eigenvalue weighted by Gasteiger charge is 2.33. The zero-order chi connectivity index (χ0) is 24.0. The number of nitrogens with zero attached hydrogens (tertiary/aromatic N) is 2. The van der Waals surface area contributed by atoms with E-state index in [-0.39, 0.29) is 23.6 Å². The van der Waals surface area contributed by atoms with Gasteiger partial charge in [-0.15, -0.1) is 0 Å². The summed E-state index contributed by atoms with van der Waals surface area (Å²) in [5.41, 5.74) is 3.43. The summed E-state index contributed by atoms with van der Waals surface area (Å²) < 4.78 is 27.3. The van der Waals surface area contributed by atoms with Gasteiger partial charge in [0.2, 0.25) is 0 Å². The molecule has 0 radical (unpaired) electrons. The monoisotopic (exact) mass is 458 g/mol. The lowest BCUT2D eigenvalue weighted by Crippen LogP contribution is -2.46. The van der Waals surface area contributed by atoms with E-state index in [0.717, 1.165) is 50.1 Å². The summed E-state index contributed by atoms with van der Waals surface area (Å²) in [6, 6.07) is 12.3. The Bertz CT molecular complexity index is 986. The molecule has 2 aliphatic rings. The van der Waals surface area contributed by atoms with Crippen molar-refractivity contribution in [3.63, 3.8) is 0 Å². The Morgan fingerprint density at radius 2 is 1.42 bits per heavy atom. The van der Waals surface area contributed by atoms with Crippen molar-refractivity contribution >= 4 is 11.9 Å². The van der Waals surface area contributed by atoms with E-state index in [0.29, 0.717) is 12.2 Å². The Labute approximate surface area is 191 Å². The van der Waals surface area contributed by atoms with Gasteiger partial charge in [0.1, 0.15) is 11.6 Å². The topological polar surface area (TPSA) is 81.1 Å². The Kier molecular flexibility index (Phi) is 8.30. The van der Waals surface area contributed by atoms with Gasteiger partial charge in [0.05, 0.1) is 0 Å². The highest BCUT2D eigenvalue weighted by Crippen LogP contribution is 2.44. The minimum absolute atomic E-state index is 0.169. The van der Waals surface area contributed by atoms with Gasteiger partial charge in [-0.25, -0.2) is 18.4 Å². The first-order valence-corrected chi connectivity index (χ1v) is 10.9. The number of carbonyl (C=O) groups is 2. The molecule has 1 saturated heterocycles. The van der Waals surface area contributed by atoms with Gasteiger partial charge in [-0.2, -0.15) is 0 Å². The van der Waals surface area contributed by atoms with Crippen LogP contribution in [0.2, 0.25) is 0 Å². The van der Waals surface area contributed by atoms with Crippen molar-refractivity contribution in [1.82, 2.24) is 9.80 Å². The predicted molar refractivity (Wildman–Crippen MR) is 120 cm³/mol. The van der Waals surface area contributed by atoms with Gasteiger partial charge in [0.25, 0.3) is 0 Å². The van der Waals surface area contributed by atoms with E-state index in [1.165, 1.54) is 17.7 Å². The largest absolute Gasteiger partial charge is 0.478 e. The lowest BCUT2D eigenvalue weighted by atomic mass is 9.76. The van der Waals surface area contributed by atoms with Crippen LogP contribution in [-0.2, 0) is 9.59 Å². The van der Waals surface area contributed by atoms with Crippen molar-refractivity contribution in [3.8, 4) is 0 Å². The van der Waals surface area contributed by atoms with Gasteiger partial charge >= 0.3 is 11.9 Å². The van der Waals surface area contributed by atoms with Gasteiger partial charge in [0.15, 0.2) is 0 Å². The predicted octanol–water partition coefficient (Wildman–Crippen LogP) is 3.89. The van der Waals surface area contributed by atoms with E-state index >= 15 is 0 Å². The van der Waals surface area contributed by atoms with Crippen molar-refractivity contribution in [2.45, 2.75) is 24.8 Å². The van der Waals surface area contributed by atoms with Crippen LogP contribution < -0.4 is 0 Å². The minimum Gasteiger partial charge on any atom is -0.478 e. The fraction of sp³-hybridized carbons (Fsp3) is 0.360. The van der Waals surface area contributed by atoms with Crippen molar-refractivity contribution < 1.29 is 28.6 Å². The highest BCUT2D eigenvalue weighted by atomic mass is 19.1. The number of rotatable bonds is 4. The summed E-state index contributed by atoms with van der Waals surface area (Å²) in [5.74, 6) is -2.67. The van der Waals surface area contributed by atoms with Gasteiger partial charge in [-0.05, 0) is 60.8 Å². The second-order valence-corrected chi connectivity index (χ2v) is 8.32. The number of aliphatic carboxylic acids is 2. The molecular weight excluding hydrogens is 430 g/mol. The quantitative estimate of drug-likeness (QED) is 0.677. The van der Waals surface area contributed by atoms with Crippen LogP contribution >= 0.6 is 0 Å². The molecule has 0 bridgehead atoms. The molecule has 0 saturated carbocycles. The van der Waals surface area contributed by atoms with Crippen LogP contribution in [0.25, 0.3) is 0 Å². The number of carboxylic acids is 2. The van der Waals surface area contributed by atoms with Crippen LogP contribution in [0, 0.1) is 11.6 Å². The van der Waals surface area contributed by atoms with Crippen molar-refractivity contribution in [1.29, 1.82) is 0 Å². The normalized spacial score (nSPS) is 21.2. The van der Waals surface area contributed by atoms with E-state index in [1.54, 1.807) is 12.1 Å². The fourth-order valence-corrected chi connectivity index (χ4v) is 4.48. The molecule has 2 N–H and O–H groups in total. The molecule has 2 atom stereocenters.